The van der Waals surface area contributed by atoms with E-state index in [0.717, 1.165) is 22.3 Å². The van der Waals surface area contributed by atoms with Gasteiger partial charge in [0.1, 0.15) is 0 Å². The molecule has 0 bridgehead atoms. The standard InChI is InChI=1S/C20H22N2O4/c1-11-6-12(2)8-13(7-11)22-20(23)14-10-21-15-9-16(24-3)18(25-4)19(26-5)17(14)15/h6-10,21H,1-5H3,(H,22,23). The average Bonchev–Trinajstić information content (AvgIpc) is 3.02. The van der Waals surface area contributed by atoms with Crippen LogP contribution in [-0.4, -0.2) is 32.2 Å². The Balaban J connectivity index is 2.08. The van der Waals surface area contributed by atoms with Gasteiger partial charge in [-0.3, -0.25) is 4.79 Å². The summed E-state index contributed by atoms with van der Waals surface area (Å²) in [7, 11) is 4.63. The number of nitrogens with one attached hydrogen (secondary N) is 2. The van der Waals surface area contributed by atoms with Crippen molar-refractivity contribution in [2.75, 3.05) is 26.6 Å². The van der Waals surface area contributed by atoms with Gasteiger partial charge in [0.15, 0.2) is 11.5 Å². The lowest BCUT2D eigenvalue weighted by Gasteiger charge is -2.14. The summed E-state index contributed by atoms with van der Waals surface area (Å²) >= 11 is 0. The zero-order valence-electron chi connectivity index (χ0n) is 15.5. The largest absolute Gasteiger partial charge is 0.493 e. The average molecular weight is 354 g/mol. The molecule has 0 aliphatic heterocycles. The van der Waals surface area contributed by atoms with Gasteiger partial charge in [-0.15, -0.1) is 0 Å². The highest BCUT2D eigenvalue weighted by Gasteiger charge is 2.22. The van der Waals surface area contributed by atoms with Crippen LogP contribution < -0.4 is 19.5 Å². The molecule has 0 unspecified atom stereocenters. The Labute approximate surface area is 152 Å². The van der Waals surface area contributed by atoms with Gasteiger partial charge in [0, 0.05) is 18.0 Å². The Kier molecular flexibility index (Phi) is 4.75. The first-order valence-electron chi connectivity index (χ1n) is 8.18. The van der Waals surface area contributed by atoms with E-state index in [1.54, 1.807) is 19.4 Å². The number of aryl methyl sites for hydroxylation is 2. The number of H-pyrrole nitrogens is 1. The summed E-state index contributed by atoms with van der Waals surface area (Å²) in [5.41, 5.74) is 4.12. The Hall–Kier alpha value is -3.15. The topological polar surface area (TPSA) is 72.6 Å². The number of anilines is 1. The summed E-state index contributed by atoms with van der Waals surface area (Å²) < 4.78 is 16.3. The van der Waals surface area contributed by atoms with Gasteiger partial charge in [-0.1, -0.05) is 6.07 Å². The van der Waals surface area contributed by atoms with Crippen molar-refractivity contribution in [3.8, 4) is 17.2 Å². The van der Waals surface area contributed by atoms with Crippen LogP contribution in [0.5, 0.6) is 17.2 Å². The number of carbonyl (C=O) groups excluding carboxylic acids is 1. The van der Waals surface area contributed by atoms with Gasteiger partial charge < -0.3 is 24.5 Å². The lowest BCUT2D eigenvalue weighted by molar-refractivity contribution is 0.102. The highest BCUT2D eigenvalue weighted by atomic mass is 16.5. The Morgan fingerprint density at radius 3 is 2.15 bits per heavy atom. The summed E-state index contributed by atoms with van der Waals surface area (Å²) in [6.45, 7) is 3.99. The summed E-state index contributed by atoms with van der Waals surface area (Å²) in [6.07, 6.45) is 1.66. The third kappa shape index (κ3) is 3.06. The summed E-state index contributed by atoms with van der Waals surface area (Å²) in [5, 5.41) is 3.59. The fourth-order valence-corrected chi connectivity index (χ4v) is 3.18. The van der Waals surface area contributed by atoms with Crippen molar-refractivity contribution in [2.45, 2.75) is 13.8 Å². The zero-order valence-corrected chi connectivity index (χ0v) is 15.5. The van der Waals surface area contributed by atoms with E-state index in [1.807, 2.05) is 26.0 Å². The third-order valence-corrected chi connectivity index (χ3v) is 4.20. The van der Waals surface area contributed by atoms with E-state index in [9.17, 15) is 4.79 Å². The van der Waals surface area contributed by atoms with Crippen molar-refractivity contribution in [1.29, 1.82) is 0 Å². The normalized spacial score (nSPS) is 10.7. The molecule has 0 aliphatic rings. The van der Waals surface area contributed by atoms with Gasteiger partial charge >= 0.3 is 0 Å². The molecule has 1 amide bonds. The number of hydrogen-bond acceptors (Lipinski definition) is 4. The molecule has 26 heavy (non-hydrogen) atoms. The van der Waals surface area contributed by atoms with Crippen molar-refractivity contribution >= 4 is 22.5 Å². The molecule has 0 saturated heterocycles. The minimum absolute atomic E-state index is 0.230. The van der Waals surface area contributed by atoms with Crippen molar-refractivity contribution in [3.05, 3.63) is 47.2 Å². The maximum Gasteiger partial charge on any atom is 0.257 e. The van der Waals surface area contributed by atoms with Crippen LogP contribution >= 0.6 is 0 Å². The number of aromatic amines is 1. The zero-order chi connectivity index (χ0) is 18.8. The Morgan fingerprint density at radius 2 is 1.58 bits per heavy atom. The maximum absolute atomic E-state index is 12.9. The predicted molar refractivity (Wildman–Crippen MR) is 102 cm³/mol. The SMILES string of the molecule is COc1cc2[nH]cc(C(=O)Nc3cc(C)cc(C)c3)c2c(OC)c1OC. The van der Waals surface area contributed by atoms with Crippen molar-refractivity contribution in [1.82, 2.24) is 4.98 Å². The van der Waals surface area contributed by atoms with Gasteiger partial charge in [0.2, 0.25) is 5.75 Å². The quantitative estimate of drug-likeness (QED) is 0.725. The molecular weight excluding hydrogens is 332 g/mol. The minimum atomic E-state index is -0.230. The molecule has 0 spiro atoms. The molecule has 2 aromatic carbocycles. The number of ether oxygens (including phenoxy) is 3. The van der Waals surface area contributed by atoms with Crippen LogP contribution in [0.3, 0.4) is 0 Å². The number of fused-ring (bicyclic) bond motifs is 1. The number of amides is 1. The van der Waals surface area contributed by atoms with Crippen LogP contribution in [0.4, 0.5) is 5.69 Å². The highest BCUT2D eigenvalue weighted by Crippen LogP contribution is 2.44. The fourth-order valence-electron chi connectivity index (χ4n) is 3.18. The molecular formula is C20H22N2O4. The van der Waals surface area contributed by atoms with E-state index in [1.165, 1.54) is 14.2 Å². The molecule has 0 fully saturated rings. The van der Waals surface area contributed by atoms with Gasteiger partial charge in [0.05, 0.1) is 37.8 Å². The number of methoxy groups -OCH3 is 3. The highest BCUT2D eigenvalue weighted by molar-refractivity contribution is 6.15. The molecule has 1 aromatic heterocycles. The molecule has 0 aliphatic carbocycles. The second kappa shape index (κ2) is 7.00. The number of aromatic nitrogens is 1. The van der Waals surface area contributed by atoms with Crippen LogP contribution in [0.15, 0.2) is 30.5 Å². The molecule has 6 heteroatoms. The molecule has 0 radical (unpaired) electrons. The van der Waals surface area contributed by atoms with Crippen LogP contribution in [0.25, 0.3) is 10.9 Å². The number of rotatable bonds is 5. The van der Waals surface area contributed by atoms with Gasteiger partial charge in [-0.25, -0.2) is 0 Å². The van der Waals surface area contributed by atoms with E-state index in [-0.39, 0.29) is 5.91 Å². The fraction of sp³-hybridized carbons (Fsp3) is 0.250. The van der Waals surface area contributed by atoms with Crippen molar-refractivity contribution in [2.24, 2.45) is 0 Å². The van der Waals surface area contributed by atoms with E-state index in [2.05, 4.69) is 16.4 Å². The maximum atomic E-state index is 12.9. The van der Waals surface area contributed by atoms with E-state index >= 15 is 0 Å². The molecule has 3 rings (SSSR count). The predicted octanol–water partition coefficient (Wildman–Crippen LogP) is 4.06. The van der Waals surface area contributed by atoms with Gasteiger partial charge in [0.25, 0.3) is 5.91 Å². The summed E-state index contributed by atoms with van der Waals surface area (Å²) in [6, 6.07) is 7.70. The van der Waals surface area contributed by atoms with Crippen LogP contribution in [-0.2, 0) is 0 Å². The number of hydrogen-bond donors (Lipinski definition) is 2. The summed E-state index contributed by atoms with van der Waals surface area (Å²) in [4.78, 5) is 16.0. The van der Waals surface area contributed by atoms with E-state index < -0.39 is 0 Å². The molecule has 3 aromatic rings. The molecule has 0 atom stereocenters. The third-order valence-electron chi connectivity index (χ3n) is 4.20. The first-order valence-corrected chi connectivity index (χ1v) is 8.18. The van der Waals surface area contributed by atoms with Crippen molar-refractivity contribution in [3.63, 3.8) is 0 Å². The monoisotopic (exact) mass is 354 g/mol. The van der Waals surface area contributed by atoms with Crippen molar-refractivity contribution < 1.29 is 19.0 Å². The second-order valence-corrected chi connectivity index (χ2v) is 6.10. The molecule has 2 N–H and O–H groups in total. The lowest BCUT2D eigenvalue weighted by Crippen LogP contribution is -2.12. The van der Waals surface area contributed by atoms with Crippen LogP contribution in [0, 0.1) is 13.8 Å². The molecule has 136 valence electrons. The Morgan fingerprint density at radius 1 is 0.923 bits per heavy atom. The van der Waals surface area contributed by atoms with Crippen LogP contribution in [0.2, 0.25) is 0 Å². The van der Waals surface area contributed by atoms with Gasteiger partial charge in [-0.2, -0.15) is 0 Å². The Bertz CT molecular complexity index is 955. The number of carbonyl (C=O) groups is 1. The number of benzene rings is 2. The molecule has 1 heterocycles. The lowest BCUT2D eigenvalue weighted by atomic mass is 10.1. The first-order chi connectivity index (χ1) is 12.5. The summed E-state index contributed by atoms with van der Waals surface area (Å²) in [5.74, 6) is 1.20. The van der Waals surface area contributed by atoms with Gasteiger partial charge in [-0.05, 0) is 37.1 Å². The first kappa shape index (κ1) is 17.7. The molecule has 6 nitrogen and oxygen atoms in total. The second-order valence-electron chi connectivity index (χ2n) is 6.10. The molecule has 0 saturated carbocycles. The smallest absolute Gasteiger partial charge is 0.257 e. The van der Waals surface area contributed by atoms with Crippen LogP contribution in [0.1, 0.15) is 21.5 Å². The minimum Gasteiger partial charge on any atom is -0.493 e. The van der Waals surface area contributed by atoms with E-state index in [4.69, 9.17) is 14.2 Å². The van der Waals surface area contributed by atoms with E-state index in [0.29, 0.717) is 28.2 Å².